The Bertz CT molecular complexity index is 401. The van der Waals surface area contributed by atoms with Gasteiger partial charge in [0.1, 0.15) is 18.9 Å². The second-order valence-electron chi connectivity index (χ2n) is 3.44. The molecule has 0 aromatic heterocycles. The monoisotopic (exact) mass is 253 g/mol. The lowest BCUT2D eigenvalue weighted by atomic mass is 10.2. The third-order valence-electron chi connectivity index (χ3n) is 2.07. The van der Waals surface area contributed by atoms with Gasteiger partial charge in [0.2, 0.25) is 0 Å². The van der Waals surface area contributed by atoms with Crippen molar-refractivity contribution in [1.82, 2.24) is 5.32 Å². The lowest BCUT2D eigenvalue weighted by molar-refractivity contribution is -0.143. The summed E-state index contributed by atoms with van der Waals surface area (Å²) in [6, 6.07) is 5.71. The zero-order valence-corrected chi connectivity index (χ0v) is 10.0. The van der Waals surface area contributed by atoms with Crippen LogP contribution in [0, 0.1) is 0 Å². The Morgan fingerprint density at radius 3 is 2.50 bits per heavy atom. The highest BCUT2D eigenvalue weighted by atomic mass is 16.6. The van der Waals surface area contributed by atoms with E-state index in [0.717, 1.165) is 0 Å². The molecule has 0 aliphatic carbocycles. The van der Waals surface area contributed by atoms with Crippen molar-refractivity contribution >= 4 is 11.9 Å². The summed E-state index contributed by atoms with van der Waals surface area (Å²) >= 11 is 0. The van der Waals surface area contributed by atoms with Crippen LogP contribution in [0.3, 0.4) is 0 Å². The summed E-state index contributed by atoms with van der Waals surface area (Å²) in [6.45, 7) is 0.269. The van der Waals surface area contributed by atoms with Crippen molar-refractivity contribution < 1.29 is 24.2 Å². The first-order valence-corrected chi connectivity index (χ1v) is 5.35. The Kier molecular flexibility index (Phi) is 5.66. The van der Waals surface area contributed by atoms with Crippen molar-refractivity contribution in [3.63, 3.8) is 0 Å². The van der Waals surface area contributed by atoms with Crippen molar-refractivity contribution in [3.05, 3.63) is 29.8 Å². The van der Waals surface area contributed by atoms with Crippen LogP contribution in [-0.2, 0) is 14.3 Å². The van der Waals surface area contributed by atoms with E-state index >= 15 is 0 Å². The summed E-state index contributed by atoms with van der Waals surface area (Å²) in [5.74, 6) is -0.858. The number of rotatable bonds is 6. The number of amides is 1. The molecule has 0 bridgehead atoms. The molecule has 0 spiro atoms. The summed E-state index contributed by atoms with van der Waals surface area (Å²) in [6.07, 6.45) is 0. The molecule has 18 heavy (non-hydrogen) atoms. The van der Waals surface area contributed by atoms with Gasteiger partial charge < -0.3 is 19.9 Å². The van der Waals surface area contributed by atoms with Crippen molar-refractivity contribution in [2.75, 3.05) is 26.9 Å². The van der Waals surface area contributed by atoms with Gasteiger partial charge in [0.05, 0.1) is 6.61 Å². The Balaban J connectivity index is 2.32. The van der Waals surface area contributed by atoms with Gasteiger partial charge in [-0.25, -0.2) is 0 Å². The van der Waals surface area contributed by atoms with E-state index in [0.29, 0.717) is 12.2 Å². The molecule has 98 valence electrons. The Hall–Kier alpha value is -2.08. The molecule has 0 radical (unpaired) electrons. The molecule has 0 saturated heterocycles. The normalized spacial score (nSPS) is 9.83. The Labute approximate surface area is 105 Å². The number of carbonyl (C=O) groups is 2. The molecule has 1 aromatic carbocycles. The minimum absolute atomic E-state index is 0.0746. The number of nitrogens with one attached hydrogen (secondary N) is 1. The molecule has 0 atom stereocenters. The average Bonchev–Trinajstić information content (AvgIpc) is 2.37. The maximum Gasteiger partial charge on any atom is 0.325 e. The first-order valence-electron chi connectivity index (χ1n) is 5.35. The van der Waals surface area contributed by atoms with Crippen LogP contribution in [0.1, 0.15) is 10.4 Å². The van der Waals surface area contributed by atoms with Gasteiger partial charge in [-0.3, -0.25) is 9.59 Å². The minimum atomic E-state index is -0.529. The molecular weight excluding hydrogens is 238 g/mol. The molecule has 0 aliphatic rings. The number of hydrogen-bond donors (Lipinski definition) is 2. The summed E-state index contributed by atoms with van der Waals surface area (Å²) in [5.41, 5.74) is 0.359. The molecule has 2 N–H and O–H groups in total. The van der Waals surface area contributed by atoms with Crippen molar-refractivity contribution in [2.45, 2.75) is 0 Å². The van der Waals surface area contributed by atoms with E-state index in [4.69, 9.17) is 14.6 Å². The van der Waals surface area contributed by atoms with E-state index in [1.807, 2.05) is 0 Å². The van der Waals surface area contributed by atoms with E-state index < -0.39 is 11.9 Å². The summed E-state index contributed by atoms with van der Waals surface area (Å²) in [4.78, 5) is 22.7. The quantitative estimate of drug-likeness (QED) is 0.563. The molecule has 0 heterocycles. The number of methoxy groups -OCH3 is 1. The average molecular weight is 253 g/mol. The molecule has 0 unspecified atom stereocenters. The number of carbonyl (C=O) groups excluding carboxylic acids is 2. The van der Waals surface area contributed by atoms with E-state index in [1.165, 1.54) is 31.4 Å². The zero-order chi connectivity index (χ0) is 13.4. The number of hydrogen-bond acceptors (Lipinski definition) is 5. The van der Waals surface area contributed by atoms with Crippen LogP contribution in [0.15, 0.2) is 24.3 Å². The molecule has 0 fully saturated rings. The number of phenolic OH excluding ortho intramolecular Hbond substituents is 1. The lowest BCUT2D eigenvalue weighted by Gasteiger charge is -2.06. The van der Waals surface area contributed by atoms with Gasteiger partial charge in [-0.2, -0.15) is 0 Å². The summed E-state index contributed by atoms with van der Waals surface area (Å²) in [7, 11) is 1.50. The number of benzene rings is 1. The number of ether oxygens (including phenoxy) is 2. The predicted molar refractivity (Wildman–Crippen MR) is 63.3 cm³/mol. The lowest BCUT2D eigenvalue weighted by Crippen LogP contribution is -2.31. The minimum Gasteiger partial charge on any atom is -0.508 e. The summed E-state index contributed by atoms with van der Waals surface area (Å²) < 4.78 is 9.48. The van der Waals surface area contributed by atoms with Gasteiger partial charge >= 0.3 is 5.97 Å². The van der Waals surface area contributed by atoms with Gasteiger partial charge in [-0.1, -0.05) is 0 Å². The Morgan fingerprint density at radius 1 is 1.22 bits per heavy atom. The van der Waals surface area contributed by atoms with Gasteiger partial charge in [-0.05, 0) is 24.3 Å². The van der Waals surface area contributed by atoms with Gasteiger partial charge in [-0.15, -0.1) is 0 Å². The second kappa shape index (κ2) is 7.29. The van der Waals surface area contributed by atoms with E-state index in [9.17, 15) is 9.59 Å². The first-order chi connectivity index (χ1) is 8.63. The first kappa shape index (κ1) is 14.0. The van der Waals surface area contributed by atoms with Crippen molar-refractivity contribution in [1.29, 1.82) is 0 Å². The molecule has 1 rings (SSSR count). The maximum absolute atomic E-state index is 11.6. The highest BCUT2D eigenvalue weighted by molar-refractivity contribution is 5.95. The van der Waals surface area contributed by atoms with Gasteiger partial charge in [0.25, 0.3) is 5.91 Å². The molecule has 6 nitrogen and oxygen atoms in total. The number of esters is 1. The van der Waals surface area contributed by atoms with Crippen LogP contribution >= 0.6 is 0 Å². The third-order valence-corrected chi connectivity index (χ3v) is 2.07. The fraction of sp³-hybridized carbons (Fsp3) is 0.333. The molecular formula is C12H15NO5. The topological polar surface area (TPSA) is 84.9 Å². The largest absolute Gasteiger partial charge is 0.508 e. The Morgan fingerprint density at radius 2 is 1.89 bits per heavy atom. The van der Waals surface area contributed by atoms with Crippen LogP contribution in [-0.4, -0.2) is 43.9 Å². The highest BCUT2D eigenvalue weighted by Gasteiger charge is 2.08. The molecule has 0 saturated carbocycles. The molecule has 1 amide bonds. The fourth-order valence-electron chi connectivity index (χ4n) is 1.16. The smallest absolute Gasteiger partial charge is 0.325 e. The molecule has 0 aliphatic heterocycles. The number of aromatic hydroxyl groups is 1. The number of phenols is 1. The standard InChI is InChI=1S/C12H15NO5/c1-17-6-7-18-11(15)8-13-12(16)9-2-4-10(14)5-3-9/h2-5,14H,6-8H2,1H3,(H,13,16). The maximum atomic E-state index is 11.6. The SMILES string of the molecule is COCCOC(=O)CNC(=O)c1ccc(O)cc1. The van der Waals surface area contributed by atoms with Gasteiger partial charge in [0, 0.05) is 12.7 Å². The van der Waals surface area contributed by atoms with Crippen molar-refractivity contribution in [3.8, 4) is 5.75 Å². The van der Waals surface area contributed by atoms with Crippen LogP contribution in [0.5, 0.6) is 5.75 Å². The predicted octanol–water partition coefficient (Wildman–Crippen LogP) is 0.312. The van der Waals surface area contributed by atoms with Crippen LogP contribution in [0.25, 0.3) is 0 Å². The van der Waals surface area contributed by atoms with Gasteiger partial charge in [0.15, 0.2) is 0 Å². The fourth-order valence-corrected chi connectivity index (χ4v) is 1.16. The van der Waals surface area contributed by atoms with Crippen LogP contribution in [0.4, 0.5) is 0 Å². The molecule has 1 aromatic rings. The van der Waals surface area contributed by atoms with Crippen molar-refractivity contribution in [2.24, 2.45) is 0 Å². The second-order valence-corrected chi connectivity index (χ2v) is 3.44. The zero-order valence-electron chi connectivity index (χ0n) is 10.0. The van der Waals surface area contributed by atoms with E-state index in [1.54, 1.807) is 0 Å². The molecule has 6 heteroatoms. The van der Waals surface area contributed by atoms with Crippen LogP contribution in [0.2, 0.25) is 0 Å². The third kappa shape index (κ3) is 4.84. The highest BCUT2D eigenvalue weighted by Crippen LogP contribution is 2.09. The van der Waals surface area contributed by atoms with E-state index in [-0.39, 0.29) is 18.9 Å². The summed E-state index contributed by atoms with van der Waals surface area (Å²) in [5, 5.41) is 11.5. The van der Waals surface area contributed by atoms with Crippen LogP contribution < -0.4 is 5.32 Å². The van der Waals surface area contributed by atoms with E-state index in [2.05, 4.69) is 5.32 Å².